The predicted octanol–water partition coefficient (Wildman–Crippen LogP) is 1.23. The van der Waals surface area contributed by atoms with E-state index >= 15 is 0 Å². The molecule has 1 atom stereocenters. The highest BCUT2D eigenvalue weighted by molar-refractivity contribution is 5.85. The number of nitrogens with zero attached hydrogens (tertiary/aromatic N) is 2. The van der Waals surface area contributed by atoms with Gasteiger partial charge in [-0.1, -0.05) is 12.1 Å². The van der Waals surface area contributed by atoms with Crippen molar-refractivity contribution in [3.63, 3.8) is 0 Å². The number of carboxylic acids is 1. The number of carbonyl (C=O) groups is 1. The van der Waals surface area contributed by atoms with Crippen molar-refractivity contribution in [1.29, 1.82) is 0 Å². The smallest absolute Gasteiger partial charge is 0.358 e. The zero-order valence-electron chi connectivity index (χ0n) is 10.3. The Balaban J connectivity index is 2.63. The summed E-state index contributed by atoms with van der Waals surface area (Å²) in [6.07, 6.45) is 0. The summed E-state index contributed by atoms with van der Waals surface area (Å²) in [7, 11) is 1.65. The second-order valence-corrected chi connectivity index (χ2v) is 3.85. The van der Waals surface area contributed by atoms with Crippen molar-refractivity contribution in [2.24, 2.45) is 0 Å². The van der Waals surface area contributed by atoms with Gasteiger partial charge in [-0.25, -0.2) is 4.79 Å². The van der Waals surface area contributed by atoms with Gasteiger partial charge in [0, 0.05) is 19.2 Å². The molecule has 6 heteroatoms. The zero-order valence-corrected chi connectivity index (χ0v) is 10.3. The van der Waals surface area contributed by atoms with Crippen molar-refractivity contribution in [3.8, 4) is 0 Å². The number of aromatic carboxylic acids is 1. The first-order valence-electron chi connectivity index (χ1n) is 5.50. The minimum Gasteiger partial charge on any atom is -0.476 e. The first-order chi connectivity index (χ1) is 8.08. The topological polar surface area (TPSA) is 75.8 Å². The summed E-state index contributed by atoms with van der Waals surface area (Å²) in [5, 5.41) is 12.2. The van der Waals surface area contributed by atoms with Crippen LogP contribution in [0.3, 0.4) is 0 Å². The molecule has 0 saturated heterocycles. The van der Waals surface area contributed by atoms with Gasteiger partial charge in [0.05, 0.1) is 13.2 Å². The third-order valence-electron chi connectivity index (χ3n) is 2.57. The molecule has 17 heavy (non-hydrogen) atoms. The van der Waals surface area contributed by atoms with Crippen LogP contribution in [-0.4, -0.2) is 47.4 Å². The molecular weight excluding hydrogens is 224 g/mol. The van der Waals surface area contributed by atoms with Crippen molar-refractivity contribution in [3.05, 3.63) is 17.5 Å². The summed E-state index contributed by atoms with van der Waals surface area (Å²) in [6, 6.07) is 1.69. The number of hydrogen-bond donors (Lipinski definition) is 1. The van der Waals surface area contributed by atoms with Crippen LogP contribution in [0.1, 0.15) is 30.1 Å². The Morgan fingerprint density at radius 1 is 1.71 bits per heavy atom. The van der Waals surface area contributed by atoms with Crippen LogP contribution in [-0.2, 0) is 11.3 Å². The monoisotopic (exact) mass is 242 g/mol. The van der Waals surface area contributed by atoms with E-state index in [9.17, 15) is 4.79 Å². The predicted molar refractivity (Wildman–Crippen MR) is 60.9 cm³/mol. The fourth-order valence-corrected chi connectivity index (χ4v) is 1.61. The second kappa shape index (κ2) is 6.36. The van der Waals surface area contributed by atoms with Crippen LogP contribution >= 0.6 is 0 Å². The van der Waals surface area contributed by atoms with E-state index in [0.717, 1.165) is 6.54 Å². The lowest BCUT2D eigenvalue weighted by atomic mass is 10.2. The lowest BCUT2D eigenvalue weighted by Gasteiger charge is -2.25. The fraction of sp³-hybridized carbons (Fsp3) is 0.636. The molecule has 0 aliphatic rings. The van der Waals surface area contributed by atoms with E-state index in [1.807, 2.05) is 13.8 Å². The summed E-state index contributed by atoms with van der Waals surface area (Å²) < 4.78 is 10.1. The van der Waals surface area contributed by atoms with E-state index in [4.69, 9.17) is 14.4 Å². The Hall–Kier alpha value is -1.40. The van der Waals surface area contributed by atoms with Crippen molar-refractivity contribution < 1.29 is 19.2 Å². The molecule has 1 rings (SSSR count). The molecule has 1 aromatic heterocycles. The lowest BCUT2D eigenvalue weighted by Crippen LogP contribution is -2.35. The van der Waals surface area contributed by atoms with Gasteiger partial charge in [0.25, 0.3) is 0 Å². The molecular formula is C11H18N2O4. The molecule has 0 radical (unpaired) electrons. The number of rotatable bonds is 7. The second-order valence-electron chi connectivity index (χ2n) is 3.85. The Bertz CT molecular complexity index is 364. The van der Waals surface area contributed by atoms with Crippen molar-refractivity contribution in [2.45, 2.75) is 26.4 Å². The average Bonchev–Trinajstić information content (AvgIpc) is 2.74. The molecule has 0 bridgehead atoms. The van der Waals surface area contributed by atoms with Gasteiger partial charge in [-0.05, 0) is 13.5 Å². The lowest BCUT2D eigenvalue weighted by molar-refractivity contribution is 0.0685. The summed E-state index contributed by atoms with van der Waals surface area (Å²) in [5.74, 6) is -0.528. The van der Waals surface area contributed by atoms with Crippen molar-refractivity contribution in [1.82, 2.24) is 10.1 Å². The highest BCUT2D eigenvalue weighted by Crippen LogP contribution is 2.10. The molecule has 0 fully saturated rings. The highest BCUT2D eigenvalue weighted by atomic mass is 16.5. The molecule has 0 aromatic carbocycles. The summed E-state index contributed by atoms with van der Waals surface area (Å²) >= 11 is 0. The Labute approximate surface area is 100 Å². The third kappa shape index (κ3) is 3.83. The van der Waals surface area contributed by atoms with Crippen molar-refractivity contribution >= 4 is 5.97 Å². The molecule has 1 heterocycles. The van der Waals surface area contributed by atoms with Crippen molar-refractivity contribution in [2.75, 3.05) is 20.3 Å². The highest BCUT2D eigenvalue weighted by Gasteiger charge is 2.16. The molecule has 0 aliphatic carbocycles. The fourth-order valence-electron chi connectivity index (χ4n) is 1.61. The third-order valence-corrected chi connectivity index (χ3v) is 2.57. The van der Waals surface area contributed by atoms with Gasteiger partial charge in [0.15, 0.2) is 11.5 Å². The minimum atomic E-state index is -1.08. The van der Waals surface area contributed by atoms with E-state index in [2.05, 4.69) is 10.1 Å². The SMILES string of the molecule is CCN(Cc1cc(C(=O)O)no1)C(C)COC. The van der Waals surface area contributed by atoms with Gasteiger partial charge >= 0.3 is 5.97 Å². The molecule has 1 aromatic rings. The molecule has 1 unspecified atom stereocenters. The van der Waals surface area contributed by atoms with E-state index in [-0.39, 0.29) is 11.7 Å². The molecule has 6 nitrogen and oxygen atoms in total. The summed E-state index contributed by atoms with van der Waals surface area (Å²) in [4.78, 5) is 12.8. The number of aromatic nitrogens is 1. The van der Waals surface area contributed by atoms with Crippen LogP contribution in [0, 0.1) is 0 Å². The van der Waals surface area contributed by atoms with Gasteiger partial charge in [0.1, 0.15) is 0 Å². The summed E-state index contributed by atoms with van der Waals surface area (Å²) in [6.45, 7) is 6.05. The largest absolute Gasteiger partial charge is 0.476 e. The van der Waals surface area contributed by atoms with E-state index < -0.39 is 5.97 Å². The molecule has 1 N–H and O–H groups in total. The zero-order chi connectivity index (χ0) is 12.8. The van der Waals surface area contributed by atoms with Gasteiger partial charge < -0.3 is 14.4 Å². The van der Waals surface area contributed by atoms with Crippen LogP contribution in [0.25, 0.3) is 0 Å². The minimum absolute atomic E-state index is 0.0598. The first kappa shape index (κ1) is 13.7. The van der Waals surface area contributed by atoms with Crippen LogP contribution in [0.4, 0.5) is 0 Å². The maximum absolute atomic E-state index is 10.6. The van der Waals surface area contributed by atoms with E-state index in [1.165, 1.54) is 6.07 Å². The molecule has 0 amide bonds. The standard InChI is InChI=1S/C11H18N2O4/c1-4-13(8(2)7-16-3)6-9-5-10(11(14)15)12-17-9/h5,8H,4,6-7H2,1-3H3,(H,14,15). The molecule has 0 saturated carbocycles. The Morgan fingerprint density at radius 2 is 2.41 bits per heavy atom. The molecule has 96 valence electrons. The maximum Gasteiger partial charge on any atom is 0.358 e. The number of methoxy groups -OCH3 is 1. The van der Waals surface area contributed by atoms with Gasteiger partial charge in [-0.15, -0.1) is 0 Å². The first-order valence-corrected chi connectivity index (χ1v) is 5.50. The number of hydrogen-bond acceptors (Lipinski definition) is 5. The quantitative estimate of drug-likeness (QED) is 0.775. The Kier molecular flexibility index (Phi) is 5.11. The van der Waals surface area contributed by atoms with Crippen LogP contribution in [0.15, 0.2) is 10.6 Å². The normalized spacial score (nSPS) is 12.9. The van der Waals surface area contributed by atoms with Crippen LogP contribution < -0.4 is 0 Å². The number of carboxylic acid groups (broad SMARTS) is 1. The van der Waals surface area contributed by atoms with E-state index in [1.54, 1.807) is 7.11 Å². The average molecular weight is 242 g/mol. The van der Waals surface area contributed by atoms with Crippen LogP contribution in [0.2, 0.25) is 0 Å². The Morgan fingerprint density at radius 3 is 2.88 bits per heavy atom. The molecule has 0 aliphatic heterocycles. The van der Waals surface area contributed by atoms with Gasteiger partial charge in [-0.2, -0.15) is 0 Å². The summed E-state index contributed by atoms with van der Waals surface area (Å²) in [5.41, 5.74) is -0.0598. The van der Waals surface area contributed by atoms with Crippen LogP contribution in [0.5, 0.6) is 0 Å². The van der Waals surface area contributed by atoms with Gasteiger partial charge in [-0.3, -0.25) is 4.90 Å². The van der Waals surface area contributed by atoms with E-state index in [0.29, 0.717) is 18.9 Å². The number of ether oxygens (including phenoxy) is 1. The van der Waals surface area contributed by atoms with Gasteiger partial charge in [0.2, 0.25) is 0 Å². The molecule has 0 spiro atoms. The maximum atomic E-state index is 10.6. The number of likely N-dealkylation sites (N-methyl/N-ethyl adjacent to an activating group) is 1.